The van der Waals surface area contributed by atoms with Crippen LogP contribution in [0.4, 0.5) is 10.5 Å². The maximum absolute atomic E-state index is 13.1. The fourth-order valence-electron chi connectivity index (χ4n) is 3.31. The Kier molecular flexibility index (Phi) is 6.62. The molecular formula is C25H18BrClN2O4. The van der Waals surface area contributed by atoms with Crippen molar-refractivity contribution in [3.05, 3.63) is 98.5 Å². The lowest BCUT2D eigenvalue weighted by atomic mass is 10.1. The minimum absolute atomic E-state index is 0.168. The van der Waals surface area contributed by atoms with Crippen molar-refractivity contribution in [1.29, 1.82) is 0 Å². The van der Waals surface area contributed by atoms with Crippen LogP contribution in [0.1, 0.15) is 16.7 Å². The number of rotatable bonds is 5. The average Bonchev–Trinajstić information content (AvgIpc) is 2.79. The van der Waals surface area contributed by atoms with Crippen LogP contribution < -0.4 is 15.0 Å². The molecule has 8 heteroatoms. The molecule has 1 aliphatic rings. The van der Waals surface area contributed by atoms with Crippen molar-refractivity contribution >= 4 is 57.1 Å². The van der Waals surface area contributed by atoms with Crippen molar-refractivity contribution in [2.75, 3.05) is 4.90 Å². The van der Waals surface area contributed by atoms with E-state index < -0.39 is 17.8 Å². The number of ether oxygens (including phenoxy) is 1. The third-order valence-corrected chi connectivity index (χ3v) is 5.77. The van der Waals surface area contributed by atoms with E-state index in [1.165, 1.54) is 12.1 Å². The number of imide groups is 2. The van der Waals surface area contributed by atoms with E-state index in [1.54, 1.807) is 43.3 Å². The van der Waals surface area contributed by atoms with Crippen LogP contribution in [-0.4, -0.2) is 17.8 Å². The van der Waals surface area contributed by atoms with Gasteiger partial charge in [-0.25, -0.2) is 9.69 Å². The van der Waals surface area contributed by atoms with Gasteiger partial charge in [0.25, 0.3) is 11.8 Å². The summed E-state index contributed by atoms with van der Waals surface area (Å²) < 4.78 is 6.82. The fourth-order valence-corrected chi connectivity index (χ4v) is 3.74. The Morgan fingerprint density at radius 2 is 1.79 bits per heavy atom. The monoisotopic (exact) mass is 524 g/mol. The Hall–Kier alpha value is -3.42. The molecule has 4 amide bonds. The average molecular weight is 526 g/mol. The first-order chi connectivity index (χ1) is 15.8. The van der Waals surface area contributed by atoms with E-state index in [4.69, 9.17) is 16.3 Å². The normalized spacial score (nSPS) is 15.1. The molecule has 3 aromatic carbocycles. The van der Waals surface area contributed by atoms with Crippen molar-refractivity contribution in [3.63, 3.8) is 0 Å². The number of carbonyl (C=O) groups excluding carboxylic acids is 3. The molecule has 1 N–H and O–H groups in total. The van der Waals surface area contributed by atoms with Crippen LogP contribution in [0.2, 0.25) is 5.02 Å². The first-order valence-electron chi connectivity index (χ1n) is 9.97. The summed E-state index contributed by atoms with van der Waals surface area (Å²) in [5.74, 6) is -0.910. The van der Waals surface area contributed by atoms with Crippen LogP contribution >= 0.6 is 27.5 Å². The molecular weight excluding hydrogens is 508 g/mol. The number of carbonyl (C=O) groups is 3. The predicted molar refractivity (Wildman–Crippen MR) is 130 cm³/mol. The van der Waals surface area contributed by atoms with Crippen molar-refractivity contribution in [1.82, 2.24) is 5.32 Å². The lowest BCUT2D eigenvalue weighted by molar-refractivity contribution is -0.122. The van der Waals surface area contributed by atoms with E-state index >= 15 is 0 Å². The quantitative estimate of drug-likeness (QED) is 0.345. The van der Waals surface area contributed by atoms with Crippen molar-refractivity contribution in [2.45, 2.75) is 13.5 Å². The Balaban J connectivity index is 1.59. The third kappa shape index (κ3) is 5.16. The number of hydrogen-bond donors (Lipinski definition) is 1. The van der Waals surface area contributed by atoms with E-state index in [9.17, 15) is 14.4 Å². The molecule has 0 saturated carbocycles. The molecule has 3 aromatic rings. The predicted octanol–water partition coefficient (Wildman–Crippen LogP) is 5.66. The standard InChI is InChI=1S/C25H18BrClN2O4/c1-15-5-10-19(27)13-22(15)29-24(31)21(23(30)28-25(29)32)12-17-3-2-4-20(11-17)33-14-16-6-8-18(26)9-7-16/h2-13H,14H2,1H3,(H,28,30,32)/b21-12-. The highest BCUT2D eigenvalue weighted by Crippen LogP contribution is 2.28. The van der Waals surface area contributed by atoms with Gasteiger partial charge in [0.05, 0.1) is 5.69 Å². The number of hydrogen-bond acceptors (Lipinski definition) is 4. The first-order valence-corrected chi connectivity index (χ1v) is 11.1. The highest BCUT2D eigenvalue weighted by molar-refractivity contribution is 9.10. The molecule has 0 radical (unpaired) electrons. The van der Waals surface area contributed by atoms with E-state index in [0.29, 0.717) is 34.2 Å². The highest BCUT2D eigenvalue weighted by atomic mass is 79.9. The van der Waals surface area contributed by atoms with Gasteiger partial charge in [-0.2, -0.15) is 0 Å². The van der Waals surface area contributed by atoms with Gasteiger partial charge in [0.15, 0.2) is 0 Å². The van der Waals surface area contributed by atoms with Gasteiger partial charge in [0, 0.05) is 9.50 Å². The minimum atomic E-state index is -0.820. The number of amides is 4. The summed E-state index contributed by atoms with van der Waals surface area (Å²) in [6.07, 6.45) is 1.43. The van der Waals surface area contributed by atoms with Crippen molar-refractivity contribution in [2.24, 2.45) is 0 Å². The van der Waals surface area contributed by atoms with Gasteiger partial charge < -0.3 is 4.74 Å². The van der Waals surface area contributed by atoms with Crippen LogP contribution in [0.25, 0.3) is 6.08 Å². The summed E-state index contributed by atoms with van der Waals surface area (Å²) >= 11 is 9.46. The molecule has 0 aromatic heterocycles. The molecule has 1 saturated heterocycles. The molecule has 1 aliphatic heterocycles. The second kappa shape index (κ2) is 9.60. The maximum atomic E-state index is 13.1. The zero-order valence-electron chi connectivity index (χ0n) is 17.5. The molecule has 0 unspecified atom stereocenters. The van der Waals surface area contributed by atoms with Gasteiger partial charge in [-0.05, 0) is 66.1 Å². The van der Waals surface area contributed by atoms with Crippen molar-refractivity contribution in [3.8, 4) is 5.75 Å². The minimum Gasteiger partial charge on any atom is -0.489 e. The summed E-state index contributed by atoms with van der Waals surface area (Å²) in [6.45, 7) is 2.11. The van der Waals surface area contributed by atoms with Gasteiger partial charge in [-0.3, -0.25) is 14.9 Å². The zero-order valence-corrected chi connectivity index (χ0v) is 19.8. The van der Waals surface area contributed by atoms with E-state index in [0.717, 1.165) is 14.9 Å². The molecule has 4 rings (SSSR count). The lowest BCUT2D eigenvalue weighted by Crippen LogP contribution is -2.54. The summed E-state index contributed by atoms with van der Waals surface area (Å²) in [7, 11) is 0. The summed E-state index contributed by atoms with van der Waals surface area (Å²) in [4.78, 5) is 39.0. The Morgan fingerprint density at radius 1 is 1.03 bits per heavy atom. The highest BCUT2D eigenvalue weighted by Gasteiger charge is 2.37. The number of barbiturate groups is 1. The molecule has 0 spiro atoms. The number of halogens is 2. The molecule has 0 atom stereocenters. The fraction of sp³-hybridized carbons (Fsp3) is 0.0800. The first kappa shape index (κ1) is 22.8. The molecule has 33 heavy (non-hydrogen) atoms. The number of benzene rings is 3. The molecule has 1 fully saturated rings. The summed E-state index contributed by atoms with van der Waals surface area (Å²) in [5.41, 5.74) is 2.39. The lowest BCUT2D eigenvalue weighted by Gasteiger charge is -2.27. The van der Waals surface area contributed by atoms with Crippen LogP contribution in [0.15, 0.2) is 76.8 Å². The van der Waals surface area contributed by atoms with Crippen LogP contribution in [0.3, 0.4) is 0 Å². The van der Waals surface area contributed by atoms with Gasteiger partial charge >= 0.3 is 6.03 Å². The number of anilines is 1. The van der Waals surface area contributed by atoms with E-state index in [2.05, 4.69) is 21.2 Å². The topological polar surface area (TPSA) is 75.7 Å². The number of nitrogens with zero attached hydrogens (tertiary/aromatic N) is 1. The number of aryl methyl sites for hydroxylation is 1. The molecule has 0 bridgehead atoms. The third-order valence-electron chi connectivity index (χ3n) is 5.00. The Morgan fingerprint density at radius 3 is 2.55 bits per heavy atom. The van der Waals surface area contributed by atoms with Crippen LogP contribution in [-0.2, 0) is 16.2 Å². The number of nitrogens with one attached hydrogen (secondary N) is 1. The van der Waals surface area contributed by atoms with Gasteiger partial charge in [-0.15, -0.1) is 0 Å². The maximum Gasteiger partial charge on any atom is 0.335 e. The summed E-state index contributed by atoms with van der Waals surface area (Å²) in [5, 5.41) is 2.59. The smallest absolute Gasteiger partial charge is 0.335 e. The molecule has 166 valence electrons. The molecule has 1 heterocycles. The SMILES string of the molecule is Cc1ccc(Cl)cc1N1C(=O)NC(=O)/C(=C/c2cccc(OCc3ccc(Br)cc3)c2)C1=O. The zero-order chi connectivity index (χ0) is 23.5. The molecule has 6 nitrogen and oxygen atoms in total. The second-order valence-electron chi connectivity index (χ2n) is 7.38. The van der Waals surface area contributed by atoms with Gasteiger partial charge in [0.1, 0.15) is 17.9 Å². The number of urea groups is 1. The van der Waals surface area contributed by atoms with Crippen LogP contribution in [0, 0.1) is 6.92 Å². The van der Waals surface area contributed by atoms with E-state index in [-0.39, 0.29) is 5.57 Å². The van der Waals surface area contributed by atoms with Gasteiger partial charge in [0.2, 0.25) is 0 Å². The van der Waals surface area contributed by atoms with Crippen LogP contribution in [0.5, 0.6) is 5.75 Å². The Labute approximate surface area is 203 Å². The molecule has 0 aliphatic carbocycles. The van der Waals surface area contributed by atoms with Crippen molar-refractivity contribution < 1.29 is 19.1 Å². The second-order valence-corrected chi connectivity index (χ2v) is 8.73. The van der Waals surface area contributed by atoms with Gasteiger partial charge in [-0.1, -0.05) is 57.9 Å². The summed E-state index contributed by atoms with van der Waals surface area (Å²) in [6, 6.07) is 18.8. The van der Waals surface area contributed by atoms with E-state index in [1.807, 2.05) is 24.3 Å². The Bertz CT molecular complexity index is 1290. The largest absolute Gasteiger partial charge is 0.489 e.